The average Bonchev–Trinajstić information content (AvgIpc) is 2.64. The topological polar surface area (TPSA) is 67.8 Å². The third kappa shape index (κ3) is 5.80. The van der Waals surface area contributed by atoms with Crippen LogP contribution in [-0.2, 0) is 17.8 Å². The normalized spacial score (nSPS) is 11.8. The molecule has 0 saturated heterocycles. The Hall–Kier alpha value is -2.53. The molecule has 5 heteroatoms. The summed E-state index contributed by atoms with van der Waals surface area (Å²) in [5, 5.41) is 12.5. The number of carbonyl (C=O) groups is 1. The Balaban J connectivity index is 2.01. The minimum atomic E-state index is -0.862. The van der Waals surface area contributed by atoms with Gasteiger partial charge in [0.15, 0.2) is 11.5 Å². The summed E-state index contributed by atoms with van der Waals surface area (Å²) in [4.78, 5) is 11.5. The molecule has 0 aliphatic rings. The van der Waals surface area contributed by atoms with Crippen molar-refractivity contribution in [2.24, 2.45) is 0 Å². The zero-order valence-electron chi connectivity index (χ0n) is 14.7. The van der Waals surface area contributed by atoms with E-state index in [1.54, 1.807) is 7.11 Å². The highest BCUT2D eigenvalue weighted by molar-refractivity contribution is 5.73. The summed E-state index contributed by atoms with van der Waals surface area (Å²) in [6, 6.07) is 14.6. The number of hydrogen-bond acceptors (Lipinski definition) is 4. The number of methoxy groups -OCH3 is 1. The van der Waals surface area contributed by atoms with E-state index in [0.29, 0.717) is 31.1 Å². The third-order valence-electron chi connectivity index (χ3n) is 3.82. The summed E-state index contributed by atoms with van der Waals surface area (Å²) >= 11 is 0. The van der Waals surface area contributed by atoms with Crippen molar-refractivity contribution in [3.05, 3.63) is 59.7 Å². The van der Waals surface area contributed by atoms with E-state index in [2.05, 4.69) is 5.32 Å². The van der Waals surface area contributed by atoms with Crippen LogP contribution in [0.1, 0.15) is 24.5 Å². The predicted molar refractivity (Wildman–Crippen MR) is 97.2 cm³/mol. The van der Waals surface area contributed by atoms with Crippen LogP contribution in [0.2, 0.25) is 0 Å². The smallest absolute Gasteiger partial charge is 0.321 e. The van der Waals surface area contributed by atoms with Gasteiger partial charge in [-0.15, -0.1) is 0 Å². The van der Waals surface area contributed by atoms with Crippen molar-refractivity contribution in [2.75, 3.05) is 13.7 Å². The van der Waals surface area contributed by atoms with E-state index in [0.717, 1.165) is 17.5 Å². The molecule has 0 aromatic heterocycles. The van der Waals surface area contributed by atoms with Crippen LogP contribution in [0.15, 0.2) is 48.5 Å². The number of aliphatic carboxylic acids is 1. The van der Waals surface area contributed by atoms with Crippen LogP contribution >= 0.6 is 0 Å². The van der Waals surface area contributed by atoms with Gasteiger partial charge < -0.3 is 19.9 Å². The summed E-state index contributed by atoms with van der Waals surface area (Å²) in [6.07, 6.45) is 1.36. The van der Waals surface area contributed by atoms with Crippen LogP contribution in [0, 0.1) is 0 Å². The molecule has 0 bridgehead atoms. The summed E-state index contributed by atoms with van der Waals surface area (Å²) in [5.41, 5.74) is 1.93. The molecule has 0 heterocycles. The number of nitrogens with one attached hydrogen (secondary N) is 1. The summed E-state index contributed by atoms with van der Waals surface area (Å²) in [5.74, 6) is 0.494. The van der Waals surface area contributed by atoms with E-state index in [9.17, 15) is 9.90 Å². The Morgan fingerprint density at radius 3 is 2.52 bits per heavy atom. The molecule has 0 radical (unpaired) electrons. The maximum Gasteiger partial charge on any atom is 0.321 e. The molecule has 0 saturated carbocycles. The summed E-state index contributed by atoms with van der Waals surface area (Å²) in [7, 11) is 1.60. The highest BCUT2D eigenvalue weighted by atomic mass is 16.5. The average molecular weight is 343 g/mol. The van der Waals surface area contributed by atoms with Crippen molar-refractivity contribution in [1.82, 2.24) is 5.32 Å². The lowest BCUT2D eigenvalue weighted by molar-refractivity contribution is -0.139. The molecular weight excluding hydrogens is 318 g/mol. The maximum absolute atomic E-state index is 11.5. The number of benzene rings is 2. The van der Waals surface area contributed by atoms with Gasteiger partial charge in [0.05, 0.1) is 13.7 Å². The first-order chi connectivity index (χ1) is 12.1. The molecule has 0 spiro atoms. The lowest BCUT2D eigenvalue weighted by atomic mass is 10.1. The molecule has 1 atom stereocenters. The van der Waals surface area contributed by atoms with E-state index in [1.165, 1.54) is 0 Å². The molecule has 0 aliphatic carbocycles. The van der Waals surface area contributed by atoms with Crippen molar-refractivity contribution in [1.29, 1.82) is 0 Å². The molecule has 2 rings (SSSR count). The molecule has 0 amide bonds. The van der Waals surface area contributed by atoms with Gasteiger partial charge in [-0.1, -0.05) is 43.3 Å². The Labute approximate surface area is 148 Å². The molecule has 2 aromatic rings. The van der Waals surface area contributed by atoms with E-state index in [4.69, 9.17) is 9.47 Å². The minimum Gasteiger partial charge on any atom is -0.493 e. The van der Waals surface area contributed by atoms with Gasteiger partial charge >= 0.3 is 5.97 Å². The van der Waals surface area contributed by atoms with Crippen LogP contribution in [-0.4, -0.2) is 30.8 Å². The Bertz CT molecular complexity index is 673. The van der Waals surface area contributed by atoms with Crippen molar-refractivity contribution in [3.63, 3.8) is 0 Å². The number of hydrogen-bond donors (Lipinski definition) is 2. The number of carboxylic acids is 1. The van der Waals surface area contributed by atoms with Crippen molar-refractivity contribution < 1.29 is 19.4 Å². The molecule has 0 unspecified atom stereocenters. The maximum atomic E-state index is 11.5. The van der Waals surface area contributed by atoms with Gasteiger partial charge in [0.2, 0.25) is 0 Å². The van der Waals surface area contributed by atoms with Crippen molar-refractivity contribution in [3.8, 4) is 11.5 Å². The Morgan fingerprint density at radius 2 is 1.88 bits per heavy atom. The van der Waals surface area contributed by atoms with Crippen molar-refractivity contribution in [2.45, 2.75) is 32.4 Å². The van der Waals surface area contributed by atoms with E-state index >= 15 is 0 Å². The van der Waals surface area contributed by atoms with E-state index in [1.807, 2.05) is 55.5 Å². The number of ether oxygens (including phenoxy) is 2. The molecule has 0 fully saturated rings. The van der Waals surface area contributed by atoms with Gasteiger partial charge in [-0.2, -0.15) is 0 Å². The first kappa shape index (κ1) is 18.8. The molecule has 0 aliphatic heterocycles. The summed E-state index contributed by atoms with van der Waals surface area (Å²) < 4.78 is 11.0. The number of rotatable bonds is 10. The molecule has 2 aromatic carbocycles. The van der Waals surface area contributed by atoms with Gasteiger partial charge in [0, 0.05) is 6.54 Å². The fourth-order valence-corrected chi connectivity index (χ4v) is 2.49. The second kappa shape index (κ2) is 9.69. The lowest BCUT2D eigenvalue weighted by Gasteiger charge is -2.16. The second-order valence-electron chi connectivity index (χ2n) is 5.80. The predicted octanol–water partition coefficient (Wildman–Crippen LogP) is 3.27. The summed E-state index contributed by atoms with van der Waals surface area (Å²) in [6.45, 7) is 3.11. The molecule has 2 N–H and O–H groups in total. The Kier molecular flexibility index (Phi) is 7.29. The molecule has 5 nitrogen and oxygen atoms in total. The van der Waals surface area contributed by atoms with Gasteiger partial charge in [-0.25, -0.2) is 0 Å². The van der Waals surface area contributed by atoms with E-state index < -0.39 is 12.0 Å². The molecule has 25 heavy (non-hydrogen) atoms. The SMILES string of the molecule is CCCOc1ccc(CN[C@@H](Cc2ccccc2)C(=O)O)cc1OC. The van der Waals surface area contributed by atoms with Gasteiger partial charge in [0.25, 0.3) is 0 Å². The van der Waals surface area contributed by atoms with Crippen LogP contribution in [0.5, 0.6) is 11.5 Å². The quantitative estimate of drug-likeness (QED) is 0.693. The number of carboxylic acid groups (broad SMARTS) is 1. The first-order valence-corrected chi connectivity index (χ1v) is 8.43. The highest BCUT2D eigenvalue weighted by Crippen LogP contribution is 2.28. The van der Waals surface area contributed by atoms with Crippen LogP contribution in [0.3, 0.4) is 0 Å². The van der Waals surface area contributed by atoms with E-state index in [-0.39, 0.29) is 0 Å². The van der Waals surface area contributed by atoms with Gasteiger partial charge in [-0.3, -0.25) is 4.79 Å². The Morgan fingerprint density at radius 1 is 1.12 bits per heavy atom. The highest BCUT2D eigenvalue weighted by Gasteiger charge is 2.17. The fourth-order valence-electron chi connectivity index (χ4n) is 2.49. The fraction of sp³-hybridized carbons (Fsp3) is 0.350. The molecular formula is C20H25NO4. The largest absolute Gasteiger partial charge is 0.493 e. The first-order valence-electron chi connectivity index (χ1n) is 8.43. The van der Waals surface area contributed by atoms with Crippen LogP contribution in [0.25, 0.3) is 0 Å². The monoisotopic (exact) mass is 343 g/mol. The standard InChI is InChI=1S/C20H25NO4/c1-3-11-25-18-10-9-16(13-19(18)24-2)14-21-17(20(22)23)12-15-7-5-4-6-8-15/h4-10,13,17,21H,3,11-12,14H2,1-2H3,(H,22,23)/t17-/m0/s1. The van der Waals surface area contributed by atoms with Crippen molar-refractivity contribution >= 4 is 5.97 Å². The zero-order chi connectivity index (χ0) is 18.1. The van der Waals surface area contributed by atoms with Crippen LogP contribution in [0.4, 0.5) is 0 Å². The minimum absolute atomic E-state index is 0.436. The van der Waals surface area contributed by atoms with Gasteiger partial charge in [0.1, 0.15) is 6.04 Å². The second-order valence-corrected chi connectivity index (χ2v) is 5.80. The zero-order valence-corrected chi connectivity index (χ0v) is 14.7. The third-order valence-corrected chi connectivity index (χ3v) is 3.82. The van der Waals surface area contributed by atoms with Crippen LogP contribution < -0.4 is 14.8 Å². The molecule has 134 valence electrons. The van der Waals surface area contributed by atoms with Gasteiger partial charge in [-0.05, 0) is 36.1 Å². The lowest BCUT2D eigenvalue weighted by Crippen LogP contribution is -2.38.